The summed E-state index contributed by atoms with van der Waals surface area (Å²) in [5.74, 6) is 0. The van der Waals surface area contributed by atoms with Gasteiger partial charge in [-0.1, -0.05) is 41.2 Å². The highest BCUT2D eigenvalue weighted by molar-refractivity contribution is 7.17. The third kappa shape index (κ3) is 1.93. The molecule has 1 N–H and O–H groups in total. The van der Waals surface area contributed by atoms with Crippen LogP contribution in [0.5, 0.6) is 0 Å². The number of aromatic nitrogens is 4. The molecule has 3 aromatic rings. The summed E-state index contributed by atoms with van der Waals surface area (Å²) in [7, 11) is 0. The summed E-state index contributed by atoms with van der Waals surface area (Å²) < 4.78 is 0. The van der Waals surface area contributed by atoms with Crippen molar-refractivity contribution in [2.75, 3.05) is 0 Å². The van der Waals surface area contributed by atoms with E-state index in [0.717, 1.165) is 27.0 Å². The zero-order valence-corrected chi connectivity index (χ0v) is 11.0. The minimum Gasteiger partial charge on any atom is -0.348 e. The number of H-pyrrole nitrogens is 1. The van der Waals surface area contributed by atoms with E-state index in [2.05, 4.69) is 51.4 Å². The molecule has 0 aliphatic rings. The molecule has 0 saturated carbocycles. The molecule has 2 aromatic heterocycles. The van der Waals surface area contributed by atoms with Crippen LogP contribution in [0.1, 0.15) is 11.3 Å². The molecule has 90 valence electrons. The highest BCUT2D eigenvalue weighted by Gasteiger charge is 2.12. The number of nitrogens with one attached hydrogen (secondary N) is 1. The largest absolute Gasteiger partial charge is 0.348 e. The number of hydrogen-bond donors (Lipinski definition) is 1. The second kappa shape index (κ2) is 4.34. The molecule has 0 spiro atoms. The average molecular weight is 256 g/mol. The number of rotatable bonds is 2. The topological polar surface area (TPSA) is 54.5 Å². The molecular weight excluding hydrogens is 244 g/mol. The molecule has 0 fully saturated rings. The van der Waals surface area contributed by atoms with Crippen molar-refractivity contribution in [1.29, 1.82) is 0 Å². The smallest absolute Gasteiger partial charge is 0.168 e. The Bertz CT molecular complexity index is 666. The zero-order valence-electron chi connectivity index (χ0n) is 10.1. The van der Waals surface area contributed by atoms with Crippen molar-refractivity contribution in [2.24, 2.45) is 0 Å². The number of hydrogen-bond acceptors (Lipinski definition) is 4. The fourth-order valence-corrected chi connectivity index (χ4v) is 2.61. The lowest BCUT2D eigenvalue weighted by atomic mass is 10.2. The fraction of sp³-hybridized carbons (Fsp3) is 0.154. The molecule has 5 heteroatoms. The fourth-order valence-electron chi connectivity index (χ4n) is 1.71. The van der Waals surface area contributed by atoms with Gasteiger partial charge in [0.1, 0.15) is 10.7 Å². The van der Waals surface area contributed by atoms with Crippen molar-refractivity contribution in [2.45, 2.75) is 13.8 Å². The standard InChI is InChI=1S/C13H12N4S/c1-8-3-5-10(6-4-8)12-16-17-13(18-12)11-9(2)14-7-15-11/h3-7H,1-2H3,(H,14,15). The van der Waals surface area contributed by atoms with E-state index in [1.165, 1.54) is 5.56 Å². The van der Waals surface area contributed by atoms with Crippen molar-refractivity contribution in [3.05, 3.63) is 41.9 Å². The quantitative estimate of drug-likeness (QED) is 0.766. The molecular formula is C13H12N4S. The summed E-state index contributed by atoms with van der Waals surface area (Å²) in [6, 6.07) is 8.29. The molecule has 3 rings (SSSR count). The molecule has 4 nitrogen and oxygen atoms in total. The maximum absolute atomic E-state index is 4.26. The van der Waals surface area contributed by atoms with Crippen LogP contribution in [-0.4, -0.2) is 20.2 Å². The van der Waals surface area contributed by atoms with Crippen molar-refractivity contribution >= 4 is 11.3 Å². The predicted octanol–water partition coefficient (Wildman–Crippen LogP) is 3.21. The molecule has 0 radical (unpaired) electrons. The number of benzene rings is 1. The van der Waals surface area contributed by atoms with Gasteiger partial charge < -0.3 is 4.98 Å². The first-order valence-corrected chi connectivity index (χ1v) is 6.46. The summed E-state index contributed by atoms with van der Waals surface area (Å²) in [5.41, 5.74) is 4.23. The Morgan fingerprint density at radius 1 is 1.00 bits per heavy atom. The second-order valence-corrected chi connectivity index (χ2v) is 5.13. The van der Waals surface area contributed by atoms with E-state index in [1.807, 2.05) is 6.92 Å². The SMILES string of the molecule is Cc1ccc(-c2nnc(-c3nc[nH]c3C)s2)cc1. The molecule has 1 aromatic carbocycles. The number of imidazole rings is 1. The third-order valence-corrected chi connectivity index (χ3v) is 3.74. The van der Waals surface area contributed by atoms with Gasteiger partial charge in [-0.15, -0.1) is 10.2 Å². The monoisotopic (exact) mass is 256 g/mol. The lowest BCUT2D eigenvalue weighted by molar-refractivity contribution is 1.09. The molecule has 2 heterocycles. The number of aryl methyl sites for hydroxylation is 2. The summed E-state index contributed by atoms with van der Waals surface area (Å²) in [6.07, 6.45) is 1.68. The lowest BCUT2D eigenvalue weighted by Gasteiger charge is -1.95. The van der Waals surface area contributed by atoms with Crippen molar-refractivity contribution in [1.82, 2.24) is 20.2 Å². The Hall–Kier alpha value is -2.01. The van der Waals surface area contributed by atoms with Gasteiger partial charge in [-0.05, 0) is 13.8 Å². The molecule has 0 saturated heterocycles. The minimum absolute atomic E-state index is 0.851. The van der Waals surface area contributed by atoms with E-state index in [0.29, 0.717) is 0 Å². The first kappa shape index (κ1) is 11.1. The van der Waals surface area contributed by atoms with Crippen molar-refractivity contribution < 1.29 is 0 Å². The van der Waals surface area contributed by atoms with Crippen LogP contribution in [-0.2, 0) is 0 Å². The lowest BCUT2D eigenvalue weighted by Crippen LogP contribution is -1.80. The van der Waals surface area contributed by atoms with Gasteiger partial charge in [0.05, 0.1) is 6.33 Å². The molecule has 0 amide bonds. The summed E-state index contributed by atoms with van der Waals surface area (Å²) in [4.78, 5) is 7.31. The normalized spacial score (nSPS) is 10.8. The van der Waals surface area contributed by atoms with Gasteiger partial charge in [0, 0.05) is 11.3 Å². The van der Waals surface area contributed by atoms with Crippen LogP contribution in [0.4, 0.5) is 0 Å². The Morgan fingerprint density at radius 3 is 2.39 bits per heavy atom. The van der Waals surface area contributed by atoms with Crippen LogP contribution in [0.25, 0.3) is 21.3 Å². The first-order chi connectivity index (χ1) is 8.74. The van der Waals surface area contributed by atoms with E-state index in [1.54, 1.807) is 17.7 Å². The first-order valence-electron chi connectivity index (χ1n) is 5.65. The number of aromatic amines is 1. The van der Waals surface area contributed by atoms with Crippen LogP contribution < -0.4 is 0 Å². The molecule has 18 heavy (non-hydrogen) atoms. The second-order valence-electron chi connectivity index (χ2n) is 4.15. The maximum Gasteiger partial charge on any atom is 0.168 e. The molecule has 0 aliphatic heterocycles. The van der Waals surface area contributed by atoms with Gasteiger partial charge in [0.15, 0.2) is 5.01 Å². The third-order valence-electron chi connectivity index (χ3n) is 2.76. The van der Waals surface area contributed by atoms with E-state index in [4.69, 9.17) is 0 Å². The Labute approximate surface area is 109 Å². The zero-order chi connectivity index (χ0) is 12.5. The van der Waals surface area contributed by atoms with Gasteiger partial charge in [-0.2, -0.15) is 0 Å². The molecule has 0 atom stereocenters. The molecule has 0 unspecified atom stereocenters. The minimum atomic E-state index is 0.851. The number of nitrogens with zero attached hydrogens (tertiary/aromatic N) is 3. The summed E-state index contributed by atoms with van der Waals surface area (Å²) >= 11 is 1.56. The molecule has 0 bridgehead atoms. The van der Waals surface area contributed by atoms with E-state index >= 15 is 0 Å². The van der Waals surface area contributed by atoms with Gasteiger partial charge in [-0.3, -0.25) is 0 Å². The van der Waals surface area contributed by atoms with Gasteiger partial charge in [-0.25, -0.2) is 4.98 Å². The molecule has 0 aliphatic carbocycles. The van der Waals surface area contributed by atoms with Crippen LogP contribution in [0.2, 0.25) is 0 Å². The highest BCUT2D eigenvalue weighted by atomic mass is 32.1. The Morgan fingerprint density at radius 2 is 1.72 bits per heavy atom. The van der Waals surface area contributed by atoms with Crippen LogP contribution in [0.3, 0.4) is 0 Å². The predicted molar refractivity (Wildman–Crippen MR) is 72.4 cm³/mol. The highest BCUT2D eigenvalue weighted by Crippen LogP contribution is 2.29. The van der Waals surface area contributed by atoms with E-state index < -0.39 is 0 Å². The Balaban J connectivity index is 1.99. The van der Waals surface area contributed by atoms with Crippen molar-refractivity contribution in [3.63, 3.8) is 0 Å². The van der Waals surface area contributed by atoms with Gasteiger partial charge in [0.25, 0.3) is 0 Å². The van der Waals surface area contributed by atoms with Gasteiger partial charge >= 0.3 is 0 Å². The van der Waals surface area contributed by atoms with Gasteiger partial charge in [0.2, 0.25) is 0 Å². The van der Waals surface area contributed by atoms with E-state index in [9.17, 15) is 0 Å². The Kier molecular flexibility index (Phi) is 2.68. The van der Waals surface area contributed by atoms with Crippen LogP contribution in [0, 0.1) is 13.8 Å². The maximum atomic E-state index is 4.26. The van der Waals surface area contributed by atoms with Crippen LogP contribution in [0.15, 0.2) is 30.6 Å². The van der Waals surface area contributed by atoms with E-state index in [-0.39, 0.29) is 0 Å². The average Bonchev–Trinajstić information content (AvgIpc) is 2.98. The van der Waals surface area contributed by atoms with Crippen molar-refractivity contribution in [3.8, 4) is 21.3 Å². The van der Waals surface area contributed by atoms with Crippen LogP contribution >= 0.6 is 11.3 Å². The summed E-state index contributed by atoms with van der Waals surface area (Å²) in [6.45, 7) is 4.05. The summed E-state index contributed by atoms with van der Waals surface area (Å²) in [5, 5.41) is 10.2.